The summed E-state index contributed by atoms with van der Waals surface area (Å²) in [5.41, 5.74) is 1.41. The Kier molecular flexibility index (Phi) is 3.97. The Hall–Kier alpha value is -0.820. The quantitative estimate of drug-likeness (QED) is 0.699. The molecule has 1 nitrogen and oxygen atoms in total. The monoisotopic (exact) mass is 178 g/mol. The van der Waals surface area contributed by atoms with Gasteiger partial charge in [-0.05, 0) is 18.9 Å². The first kappa shape index (κ1) is 10.3. The Morgan fingerprint density at radius 3 is 2.23 bits per heavy atom. The van der Waals surface area contributed by atoms with Crippen LogP contribution < -0.4 is 5.32 Å². The predicted molar refractivity (Wildman–Crippen MR) is 57.9 cm³/mol. The van der Waals surface area contributed by atoms with Gasteiger partial charge in [0.1, 0.15) is 0 Å². The van der Waals surface area contributed by atoms with Crippen LogP contribution in [0.4, 0.5) is 0 Å². The molecule has 0 heterocycles. The van der Waals surface area contributed by atoms with E-state index in [-0.39, 0.29) is 0 Å². The normalized spacial score (nSPS) is 13.2. The Morgan fingerprint density at radius 1 is 1.08 bits per heavy atom. The summed E-state index contributed by atoms with van der Waals surface area (Å²) in [6, 6.07) is 11.7. The van der Waals surface area contributed by atoms with E-state index in [1.54, 1.807) is 0 Å². The van der Waals surface area contributed by atoms with Crippen molar-refractivity contribution in [2.24, 2.45) is 0 Å². The molecule has 0 unspecified atom stereocenters. The van der Waals surface area contributed by atoms with Gasteiger partial charge in [0.2, 0.25) is 0 Å². The lowest BCUT2D eigenvalue weighted by Gasteiger charge is -2.16. The summed E-state index contributed by atoms with van der Waals surface area (Å²) in [4.78, 5) is 0. The lowest BCUT2D eigenvalue weighted by Crippen LogP contribution is -2.33. The molecule has 13 heavy (non-hydrogen) atoms. The van der Waals surface area contributed by atoms with Gasteiger partial charge in [0.05, 0.1) is 0 Å². The molecule has 1 aromatic rings. The van der Waals surface area contributed by atoms with Gasteiger partial charge in [0, 0.05) is 12.1 Å². The van der Waals surface area contributed by atoms with Crippen LogP contribution in [0.15, 0.2) is 30.3 Å². The van der Waals surface area contributed by atoms with E-state index in [1.807, 2.05) is 0 Å². The van der Waals surface area contributed by atoms with E-state index < -0.39 is 0 Å². The van der Waals surface area contributed by atoms with Crippen molar-refractivity contribution in [2.45, 2.75) is 39.3 Å². The summed E-state index contributed by atoms with van der Waals surface area (Å²) in [5.74, 6) is 0. The van der Waals surface area contributed by atoms with Gasteiger partial charge < -0.3 is 5.32 Å². The molecule has 0 spiro atoms. The number of benzene rings is 1. The van der Waals surface area contributed by atoms with E-state index in [9.17, 15) is 0 Å². The molecule has 0 aliphatic heterocycles. The highest BCUT2D eigenvalue weighted by Gasteiger charge is 2.03. The molecule has 1 atom stereocenters. The van der Waals surface area contributed by atoms with Gasteiger partial charge in [-0.3, -0.25) is 0 Å². The third-order valence-corrected chi connectivity index (χ3v) is 2.00. The molecule has 0 saturated heterocycles. The van der Waals surface area contributed by atoms with Gasteiger partial charge in [-0.25, -0.2) is 0 Å². The number of nitrogens with one attached hydrogen (secondary N) is 1. The maximum absolute atomic E-state index is 3.49. The zero-order chi connectivity index (χ0) is 9.68. The van der Waals surface area contributed by atoms with Crippen LogP contribution in [-0.2, 0) is 6.42 Å². The van der Waals surface area contributed by atoms with Crippen molar-refractivity contribution in [3.05, 3.63) is 35.9 Å². The van der Waals surface area contributed by atoms with Crippen molar-refractivity contribution in [2.75, 3.05) is 0 Å². The molecule has 1 N–H and O–H groups in total. The average Bonchev–Trinajstić information content (AvgIpc) is 2.04. The number of hydrogen-bond donors (Lipinski definition) is 1. The van der Waals surface area contributed by atoms with Gasteiger partial charge in [-0.2, -0.15) is 0 Å². The van der Waals surface area contributed by atoms with Crippen molar-refractivity contribution in [3.63, 3.8) is 0 Å². The Morgan fingerprint density at radius 2 is 1.69 bits per heavy atom. The molecule has 0 fully saturated rings. The zero-order valence-corrected chi connectivity index (χ0v) is 8.75. The average molecular weight is 178 g/mol. The summed E-state index contributed by atoms with van der Waals surface area (Å²) in [6.45, 7) is 6.59. The van der Waals surface area contributed by atoms with Crippen LogP contribution in [0.3, 0.4) is 0 Å². The maximum atomic E-state index is 3.49. The van der Waals surface area contributed by atoms with Crippen molar-refractivity contribution >= 4 is 0 Å². The van der Waals surface area contributed by atoms with Crippen molar-refractivity contribution in [1.82, 2.24) is 5.32 Å². The lowest BCUT2D eigenvalue weighted by atomic mass is 10.1. The van der Waals surface area contributed by atoms with Gasteiger partial charge >= 0.3 is 0 Å². The van der Waals surface area contributed by atoms with Gasteiger partial charge in [0.15, 0.2) is 0 Å². The lowest BCUT2D eigenvalue weighted by molar-refractivity contribution is 0.488. The highest BCUT2D eigenvalue weighted by atomic mass is 15.7. The molecule has 0 aromatic heterocycles. The van der Waals surface area contributed by atoms with Gasteiger partial charge in [-0.15, -0.1) is 0 Å². The minimum Gasteiger partial charge on any atom is -0.312 e. The summed E-state index contributed by atoms with van der Waals surface area (Å²) in [6.07, 6.45) is 1.11. The first-order valence-corrected chi connectivity index (χ1v) is 4.98. The second kappa shape index (κ2) is 5.03. The van der Waals surface area contributed by atoms with E-state index in [2.05, 4.69) is 56.4 Å². The molecule has 0 amide bonds. The highest BCUT2D eigenvalue weighted by Crippen LogP contribution is 2.02. The first-order chi connectivity index (χ1) is 6.18. The third kappa shape index (κ3) is 4.09. The number of hydrogen-bond acceptors (Lipinski definition) is 1. The largest absolute Gasteiger partial charge is 0.312 e. The topological polar surface area (TPSA) is 12.0 Å². The Labute approximate surface area is 81.2 Å². The minimum absolute atomic E-state index is 0.558. The standard InChI is InChI=1S/C12H19N/c1-10(2)13-11(3)9-12-7-5-4-6-8-12/h4-8,10-11,13H,9H2,1-3H3/t11-/m1/s1/i13+1. The molecule has 0 saturated carbocycles. The van der Waals surface area contributed by atoms with Crippen LogP contribution in [0, 0.1) is 0 Å². The van der Waals surface area contributed by atoms with Crippen LogP contribution in [0.1, 0.15) is 26.3 Å². The van der Waals surface area contributed by atoms with Crippen molar-refractivity contribution < 1.29 is 0 Å². The van der Waals surface area contributed by atoms with Crippen LogP contribution in [-0.4, -0.2) is 12.1 Å². The fraction of sp³-hybridized carbons (Fsp3) is 0.500. The molecule has 72 valence electrons. The Balaban J connectivity index is 2.41. The van der Waals surface area contributed by atoms with E-state index in [0.29, 0.717) is 12.1 Å². The summed E-state index contributed by atoms with van der Waals surface area (Å²) >= 11 is 0. The second-order valence-corrected chi connectivity index (χ2v) is 3.91. The van der Waals surface area contributed by atoms with E-state index >= 15 is 0 Å². The molecular weight excluding hydrogens is 159 g/mol. The minimum atomic E-state index is 0.558. The van der Waals surface area contributed by atoms with E-state index in [1.165, 1.54) is 5.56 Å². The van der Waals surface area contributed by atoms with Gasteiger partial charge in [0.25, 0.3) is 0 Å². The number of rotatable bonds is 4. The van der Waals surface area contributed by atoms with Crippen LogP contribution >= 0.6 is 0 Å². The Bertz CT molecular complexity index is 228. The summed E-state index contributed by atoms with van der Waals surface area (Å²) < 4.78 is 0. The second-order valence-electron chi connectivity index (χ2n) is 3.91. The van der Waals surface area contributed by atoms with Crippen LogP contribution in [0.25, 0.3) is 0 Å². The van der Waals surface area contributed by atoms with E-state index in [4.69, 9.17) is 0 Å². The molecular formula is C12H19N. The third-order valence-electron chi connectivity index (χ3n) is 2.00. The molecule has 1 rings (SSSR count). The van der Waals surface area contributed by atoms with Crippen molar-refractivity contribution in [1.29, 1.82) is 0 Å². The fourth-order valence-electron chi connectivity index (χ4n) is 1.60. The van der Waals surface area contributed by atoms with Gasteiger partial charge in [-0.1, -0.05) is 44.2 Å². The molecule has 0 aliphatic rings. The zero-order valence-electron chi connectivity index (χ0n) is 8.75. The highest BCUT2D eigenvalue weighted by molar-refractivity contribution is 5.15. The molecule has 0 aliphatic carbocycles. The SMILES string of the molecule is CC(C)[15NH][C@H](C)Cc1ccccc1. The molecule has 1 heteroatoms. The molecule has 0 radical (unpaired) electrons. The molecule has 1 aromatic carbocycles. The summed E-state index contributed by atoms with van der Waals surface area (Å²) in [7, 11) is 0. The predicted octanol–water partition coefficient (Wildman–Crippen LogP) is 2.62. The fourth-order valence-corrected chi connectivity index (χ4v) is 1.60. The smallest absolute Gasteiger partial charge is 0.00815 e. The maximum Gasteiger partial charge on any atom is 0.00815 e. The first-order valence-electron chi connectivity index (χ1n) is 4.98. The van der Waals surface area contributed by atoms with Crippen LogP contribution in [0.2, 0.25) is 0 Å². The van der Waals surface area contributed by atoms with E-state index in [0.717, 1.165) is 6.42 Å². The van der Waals surface area contributed by atoms with Crippen LogP contribution in [0.5, 0.6) is 0 Å². The molecule has 0 bridgehead atoms. The summed E-state index contributed by atoms with van der Waals surface area (Å²) in [5, 5.41) is 3.49. The van der Waals surface area contributed by atoms with Crippen molar-refractivity contribution in [3.8, 4) is 0 Å².